The van der Waals surface area contributed by atoms with Gasteiger partial charge in [0, 0.05) is 22.2 Å². The number of furan rings is 1. The summed E-state index contributed by atoms with van der Waals surface area (Å²) in [6, 6.07) is 24.0. The van der Waals surface area contributed by atoms with Crippen molar-refractivity contribution in [2.45, 2.75) is 13.3 Å². The zero-order valence-corrected chi connectivity index (χ0v) is 15.4. The quantitative estimate of drug-likeness (QED) is 0.495. The van der Waals surface area contributed by atoms with Gasteiger partial charge in [0.1, 0.15) is 5.58 Å². The molecule has 1 heterocycles. The minimum Gasteiger partial charge on any atom is -0.452 e. The third-order valence-corrected chi connectivity index (χ3v) is 4.67. The Morgan fingerprint density at radius 3 is 2.29 bits per heavy atom. The maximum absolute atomic E-state index is 12.7. The van der Waals surface area contributed by atoms with Gasteiger partial charge in [-0.25, -0.2) is 0 Å². The monoisotopic (exact) mass is 369 g/mol. The standard InChI is InChI=1S/C24H19NO3/c1-16-20-15-19(25-22(26)14-17-8-4-2-5-9-17)12-13-21(20)28-24(16)23(27)18-10-6-3-7-11-18/h2-13,15H,14H2,1H3,(H,25,26). The number of aryl methyl sites for hydroxylation is 1. The minimum absolute atomic E-state index is 0.0905. The predicted octanol–water partition coefficient (Wildman–Crippen LogP) is 5.15. The molecule has 1 N–H and O–H groups in total. The number of benzene rings is 3. The number of anilines is 1. The lowest BCUT2D eigenvalue weighted by molar-refractivity contribution is -0.115. The van der Waals surface area contributed by atoms with E-state index in [-0.39, 0.29) is 11.7 Å². The summed E-state index contributed by atoms with van der Waals surface area (Å²) in [5, 5.41) is 3.73. The van der Waals surface area contributed by atoms with Crippen LogP contribution in [0.4, 0.5) is 5.69 Å². The Balaban J connectivity index is 1.58. The van der Waals surface area contributed by atoms with Crippen LogP contribution in [-0.2, 0) is 11.2 Å². The van der Waals surface area contributed by atoms with E-state index in [1.807, 2.05) is 61.5 Å². The lowest BCUT2D eigenvalue weighted by Gasteiger charge is -2.05. The van der Waals surface area contributed by atoms with Crippen LogP contribution in [0.15, 0.2) is 83.3 Å². The Morgan fingerprint density at radius 1 is 0.893 bits per heavy atom. The molecule has 0 saturated heterocycles. The summed E-state index contributed by atoms with van der Waals surface area (Å²) in [4.78, 5) is 25.1. The van der Waals surface area contributed by atoms with E-state index in [4.69, 9.17) is 4.42 Å². The number of amides is 1. The summed E-state index contributed by atoms with van der Waals surface area (Å²) >= 11 is 0. The fourth-order valence-electron chi connectivity index (χ4n) is 3.22. The normalized spacial score (nSPS) is 10.8. The lowest BCUT2D eigenvalue weighted by atomic mass is 10.0. The van der Waals surface area contributed by atoms with Gasteiger partial charge in [0.2, 0.25) is 11.7 Å². The second-order valence-corrected chi connectivity index (χ2v) is 6.67. The number of fused-ring (bicyclic) bond motifs is 1. The van der Waals surface area contributed by atoms with E-state index in [9.17, 15) is 9.59 Å². The van der Waals surface area contributed by atoms with Crippen LogP contribution in [0, 0.1) is 6.92 Å². The average Bonchev–Trinajstić information content (AvgIpc) is 3.05. The molecule has 1 aromatic heterocycles. The number of hydrogen-bond donors (Lipinski definition) is 1. The number of carbonyl (C=O) groups is 2. The third kappa shape index (κ3) is 3.58. The molecule has 4 aromatic rings. The van der Waals surface area contributed by atoms with E-state index in [0.29, 0.717) is 29.0 Å². The van der Waals surface area contributed by atoms with E-state index in [0.717, 1.165) is 16.5 Å². The largest absolute Gasteiger partial charge is 0.452 e. The zero-order chi connectivity index (χ0) is 19.5. The maximum Gasteiger partial charge on any atom is 0.228 e. The molecule has 0 radical (unpaired) electrons. The van der Waals surface area contributed by atoms with Gasteiger partial charge in [-0.2, -0.15) is 0 Å². The number of carbonyl (C=O) groups excluding carboxylic acids is 2. The maximum atomic E-state index is 12.7. The van der Waals surface area contributed by atoms with E-state index in [1.165, 1.54) is 0 Å². The second kappa shape index (κ2) is 7.53. The molecule has 0 aliphatic carbocycles. The first kappa shape index (κ1) is 17.7. The third-order valence-electron chi connectivity index (χ3n) is 4.67. The van der Waals surface area contributed by atoms with Gasteiger partial charge in [-0.3, -0.25) is 9.59 Å². The second-order valence-electron chi connectivity index (χ2n) is 6.67. The van der Waals surface area contributed by atoms with Gasteiger partial charge in [0.15, 0.2) is 5.76 Å². The zero-order valence-electron chi connectivity index (χ0n) is 15.4. The molecule has 0 unspecified atom stereocenters. The van der Waals surface area contributed by atoms with E-state index in [1.54, 1.807) is 24.3 Å². The summed E-state index contributed by atoms with van der Waals surface area (Å²) in [5.41, 5.74) is 3.61. The van der Waals surface area contributed by atoms with Crippen molar-refractivity contribution in [2.24, 2.45) is 0 Å². The molecular formula is C24H19NO3. The van der Waals surface area contributed by atoms with Crippen LogP contribution in [0.1, 0.15) is 27.2 Å². The summed E-state index contributed by atoms with van der Waals surface area (Å²) in [6.45, 7) is 1.86. The van der Waals surface area contributed by atoms with Crippen molar-refractivity contribution in [3.63, 3.8) is 0 Å². The van der Waals surface area contributed by atoms with Crippen molar-refractivity contribution in [1.82, 2.24) is 0 Å². The van der Waals surface area contributed by atoms with Crippen LogP contribution in [0.2, 0.25) is 0 Å². The van der Waals surface area contributed by atoms with E-state index >= 15 is 0 Å². The molecule has 138 valence electrons. The van der Waals surface area contributed by atoms with Crippen LogP contribution >= 0.6 is 0 Å². The Kier molecular flexibility index (Phi) is 4.77. The van der Waals surface area contributed by atoms with E-state index < -0.39 is 0 Å². The molecule has 0 fully saturated rings. The number of rotatable bonds is 5. The summed E-state index contributed by atoms with van der Waals surface area (Å²) in [6.07, 6.45) is 0.307. The Morgan fingerprint density at radius 2 is 1.57 bits per heavy atom. The highest BCUT2D eigenvalue weighted by atomic mass is 16.3. The highest BCUT2D eigenvalue weighted by molar-refractivity contribution is 6.10. The molecule has 4 heteroatoms. The minimum atomic E-state index is -0.149. The van der Waals surface area contributed by atoms with Crippen LogP contribution < -0.4 is 5.32 Å². The molecule has 4 rings (SSSR count). The summed E-state index contributed by atoms with van der Waals surface area (Å²) in [7, 11) is 0. The Labute approximate surface area is 162 Å². The van der Waals surface area contributed by atoms with Crippen LogP contribution in [0.3, 0.4) is 0 Å². The average molecular weight is 369 g/mol. The van der Waals surface area contributed by atoms with Crippen LogP contribution in [0.25, 0.3) is 11.0 Å². The molecule has 0 spiro atoms. The van der Waals surface area contributed by atoms with Gasteiger partial charge in [-0.1, -0.05) is 60.7 Å². The highest BCUT2D eigenvalue weighted by Crippen LogP contribution is 2.29. The molecule has 0 bridgehead atoms. The number of hydrogen-bond acceptors (Lipinski definition) is 3. The molecule has 0 atom stereocenters. The molecule has 0 aliphatic rings. The molecule has 3 aromatic carbocycles. The summed E-state index contributed by atoms with van der Waals surface area (Å²) in [5.74, 6) is 0.0882. The first-order valence-corrected chi connectivity index (χ1v) is 9.08. The molecule has 0 saturated carbocycles. The molecule has 1 amide bonds. The van der Waals surface area contributed by atoms with E-state index in [2.05, 4.69) is 5.32 Å². The molecule has 4 nitrogen and oxygen atoms in total. The fraction of sp³-hybridized carbons (Fsp3) is 0.0833. The molecule has 0 aliphatic heterocycles. The van der Waals surface area contributed by atoms with Gasteiger partial charge in [0.25, 0.3) is 0 Å². The first-order valence-electron chi connectivity index (χ1n) is 9.08. The fourth-order valence-corrected chi connectivity index (χ4v) is 3.22. The predicted molar refractivity (Wildman–Crippen MR) is 110 cm³/mol. The number of ketones is 1. The van der Waals surface area contributed by atoms with Crippen molar-refractivity contribution < 1.29 is 14.0 Å². The Hall–Kier alpha value is -3.66. The van der Waals surface area contributed by atoms with Crippen molar-refractivity contribution in [1.29, 1.82) is 0 Å². The van der Waals surface area contributed by atoms with Gasteiger partial charge in [-0.05, 0) is 30.7 Å². The van der Waals surface area contributed by atoms with Crippen molar-refractivity contribution >= 4 is 28.3 Å². The van der Waals surface area contributed by atoms with Crippen molar-refractivity contribution in [2.75, 3.05) is 5.32 Å². The Bertz CT molecular complexity index is 1140. The molecular weight excluding hydrogens is 350 g/mol. The SMILES string of the molecule is Cc1c(C(=O)c2ccccc2)oc2ccc(NC(=O)Cc3ccccc3)cc12. The van der Waals surface area contributed by atoms with Crippen molar-refractivity contribution in [3.05, 3.63) is 101 Å². The van der Waals surface area contributed by atoms with Gasteiger partial charge >= 0.3 is 0 Å². The van der Waals surface area contributed by atoms with Gasteiger partial charge in [0.05, 0.1) is 6.42 Å². The van der Waals surface area contributed by atoms with Gasteiger partial charge in [-0.15, -0.1) is 0 Å². The highest BCUT2D eigenvalue weighted by Gasteiger charge is 2.19. The smallest absolute Gasteiger partial charge is 0.228 e. The number of nitrogens with one attached hydrogen (secondary N) is 1. The topological polar surface area (TPSA) is 59.3 Å². The summed E-state index contributed by atoms with van der Waals surface area (Å²) < 4.78 is 5.81. The van der Waals surface area contributed by atoms with Gasteiger partial charge < -0.3 is 9.73 Å². The van der Waals surface area contributed by atoms with Crippen molar-refractivity contribution in [3.8, 4) is 0 Å². The van der Waals surface area contributed by atoms with Crippen LogP contribution in [-0.4, -0.2) is 11.7 Å². The van der Waals surface area contributed by atoms with Crippen LogP contribution in [0.5, 0.6) is 0 Å². The first-order chi connectivity index (χ1) is 13.6. The lowest BCUT2D eigenvalue weighted by Crippen LogP contribution is -2.14. The molecule has 28 heavy (non-hydrogen) atoms.